The number of carboxylic acids is 6. The Kier molecular flexibility index (Phi) is 28.5. The number of amides is 4. The molecule has 0 aromatic heterocycles. The molecule has 0 saturated carbocycles. The zero-order valence-electron chi connectivity index (χ0n) is 40.9. The minimum atomic E-state index is -1.65. The number of hydrogen-bond donors (Lipinski definition) is 11. The Morgan fingerprint density at radius 1 is 0.443 bits per heavy atom. The van der Waals surface area contributed by atoms with Crippen LogP contribution < -0.4 is 26.6 Å². The lowest BCUT2D eigenvalue weighted by molar-refractivity contribution is -0.144. The molecule has 11 N–H and O–H groups in total. The highest BCUT2D eigenvalue weighted by molar-refractivity contribution is 5.89. The average molecular weight is 1000 g/mol. The number of rotatable bonds is 31. The molecule has 1 aliphatic rings. The lowest BCUT2D eigenvalue weighted by atomic mass is 9.84. The smallest absolute Gasteiger partial charge is 0.326 e. The van der Waals surface area contributed by atoms with Gasteiger partial charge in [0.1, 0.15) is 18.1 Å². The van der Waals surface area contributed by atoms with E-state index in [-0.39, 0.29) is 96.2 Å². The zero-order chi connectivity index (χ0) is 53.1. The van der Waals surface area contributed by atoms with Crippen molar-refractivity contribution in [1.82, 2.24) is 46.2 Å². The second kappa shape index (κ2) is 32.1. The number of nitrogens with one attached hydrogen (secondary N) is 5. The van der Waals surface area contributed by atoms with Gasteiger partial charge in [-0.2, -0.15) is 0 Å². The van der Waals surface area contributed by atoms with Crippen molar-refractivity contribution < 1.29 is 83.4 Å². The van der Waals surface area contributed by atoms with Gasteiger partial charge in [-0.05, 0) is 38.5 Å². The summed E-state index contributed by atoms with van der Waals surface area (Å²) in [6.07, 6.45) is -0.868. The topological polar surface area (TPSA) is 382 Å². The predicted octanol–water partition coefficient (Wildman–Crippen LogP) is -2.22. The predicted molar refractivity (Wildman–Crippen MR) is 248 cm³/mol. The first-order valence-electron chi connectivity index (χ1n) is 23.3. The lowest BCUT2D eigenvalue weighted by Gasteiger charge is -2.33. The summed E-state index contributed by atoms with van der Waals surface area (Å²) in [5.41, 5.74) is -0.526. The largest absolute Gasteiger partial charge is 0.480 e. The highest BCUT2D eigenvalue weighted by Crippen LogP contribution is 2.20. The Hall–Kier alpha value is -5.83. The van der Waals surface area contributed by atoms with Gasteiger partial charge in [-0.15, -0.1) is 0 Å². The van der Waals surface area contributed by atoms with E-state index < -0.39 is 128 Å². The first-order valence-corrected chi connectivity index (χ1v) is 23.3. The molecule has 0 aliphatic carbocycles. The van der Waals surface area contributed by atoms with E-state index in [1.807, 2.05) is 34.6 Å². The molecule has 1 saturated heterocycles. The highest BCUT2D eigenvalue weighted by atomic mass is 16.4. The van der Waals surface area contributed by atoms with Crippen LogP contribution in [0.1, 0.15) is 92.4 Å². The molecular weight excluding hydrogens is 927 g/mol. The number of carboxylic acid groups (broad SMARTS) is 6. The Labute approximate surface area is 407 Å². The number of Topliss-reactive ketones (excluding diaryl/α,β-unsaturated/α-hetero) is 1. The summed E-state index contributed by atoms with van der Waals surface area (Å²) >= 11 is 0. The van der Waals surface area contributed by atoms with E-state index in [1.54, 1.807) is 9.80 Å². The van der Waals surface area contributed by atoms with Crippen LogP contribution in [0.5, 0.6) is 0 Å². The molecule has 0 bridgehead atoms. The van der Waals surface area contributed by atoms with Crippen molar-refractivity contribution in [3.8, 4) is 0 Å². The Balaban J connectivity index is 2.76. The molecule has 0 spiro atoms. The van der Waals surface area contributed by atoms with Crippen LogP contribution in [-0.2, 0) is 52.7 Å². The Bertz CT molecular complexity index is 1760. The number of aliphatic carboxylic acids is 6. The molecule has 0 aromatic carbocycles. The molecule has 26 nitrogen and oxygen atoms in total. The standard InChI is InChI=1S/C44H75N9O17/c1-28(2)46-29(40(64)44(3,4)5)8-6-7-15-45-33(54)12-9-30(41(65)66)47-34(55)13-10-31(42(67)68)48-35(56)14-11-32(43(69)70)49-36(57)24-50-16-18-51(25-37(58)59)20-22-53(27-39(62)63)23-21-52(19-17-50)26-38(60)61/h28-32,46H,6-27H2,1-5H3,(H,45,54)(H,47,55)(H,48,56)(H,49,57)(H,58,59)(H,60,61)(H,62,63)(H,65,66)(H,67,68)(H,69,70)/t29-,30+,31+,32+/m1/s1. The van der Waals surface area contributed by atoms with Gasteiger partial charge in [-0.3, -0.25) is 58.0 Å². The number of hydrogen-bond acceptors (Lipinski definition) is 16. The molecule has 4 atom stereocenters. The normalized spacial score (nSPS) is 16.5. The Morgan fingerprint density at radius 2 is 0.771 bits per heavy atom. The third-order valence-electron chi connectivity index (χ3n) is 11.1. The van der Waals surface area contributed by atoms with Gasteiger partial charge >= 0.3 is 35.8 Å². The summed E-state index contributed by atoms with van der Waals surface area (Å²) in [6, 6.07) is -5.01. The van der Waals surface area contributed by atoms with Crippen molar-refractivity contribution in [2.75, 3.05) is 85.1 Å². The molecule has 26 heteroatoms. The van der Waals surface area contributed by atoms with E-state index in [0.717, 1.165) is 0 Å². The highest BCUT2D eigenvalue weighted by Gasteiger charge is 2.30. The maximum atomic E-state index is 13.2. The van der Waals surface area contributed by atoms with Crippen LogP contribution in [0.3, 0.4) is 0 Å². The van der Waals surface area contributed by atoms with Crippen molar-refractivity contribution in [3.63, 3.8) is 0 Å². The molecule has 70 heavy (non-hydrogen) atoms. The fraction of sp³-hybridized carbons (Fsp3) is 0.750. The van der Waals surface area contributed by atoms with Gasteiger partial charge < -0.3 is 57.2 Å². The molecule has 398 valence electrons. The average Bonchev–Trinajstić information content (AvgIpc) is 3.23. The van der Waals surface area contributed by atoms with Crippen molar-refractivity contribution in [2.45, 2.75) is 123 Å². The van der Waals surface area contributed by atoms with E-state index in [2.05, 4.69) is 26.6 Å². The molecular formula is C44H75N9O17. The Morgan fingerprint density at radius 3 is 1.09 bits per heavy atom. The quantitative estimate of drug-likeness (QED) is 0.0328. The minimum Gasteiger partial charge on any atom is -0.480 e. The summed E-state index contributed by atoms with van der Waals surface area (Å²) in [5.74, 6) is -10.9. The van der Waals surface area contributed by atoms with Gasteiger partial charge in [0, 0.05) is 89.6 Å². The van der Waals surface area contributed by atoms with Crippen molar-refractivity contribution in [2.24, 2.45) is 5.41 Å². The van der Waals surface area contributed by atoms with Crippen LogP contribution in [0.4, 0.5) is 0 Å². The lowest BCUT2D eigenvalue weighted by Crippen LogP contribution is -2.51. The van der Waals surface area contributed by atoms with E-state index in [9.17, 15) is 83.4 Å². The summed E-state index contributed by atoms with van der Waals surface area (Å²) in [5, 5.41) is 70.2. The van der Waals surface area contributed by atoms with Crippen LogP contribution in [0, 0.1) is 5.41 Å². The van der Waals surface area contributed by atoms with E-state index in [4.69, 9.17) is 0 Å². The number of ketones is 1. The third-order valence-corrected chi connectivity index (χ3v) is 11.1. The number of nitrogens with zero attached hydrogens (tertiary/aromatic N) is 4. The maximum absolute atomic E-state index is 13.2. The monoisotopic (exact) mass is 1000 g/mol. The van der Waals surface area contributed by atoms with Crippen LogP contribution in [0.15, 0.2) is 0 Å². The van der Waals surface area contributed by atoms with Gasteiger partial charge in [0.2, 0.25) is 23.6 Å². The molecule has 1 fully saturated rings. The fourth-order valence-corrected chi connectivity index (χ4v) is 7.36. The molecule has 0 radical (unpaired) electrons. The van der Waals surface area contributed by atoms with Crippen LogP contribution in [-0.4, -0.2) is 231 Å². The van der Waals surface area contributed by atoms with Crippen LogP contribution >= 0.6 is 0 Å². The molecule has 4 amide bonds. The second-order valence-electron chi connectivity index (χ2n) is 18.6. The van der Waals surface area contributed by atoms with Crippen molar-refractivity contribution in [1.29, 1.82) is 0 Å². The van der Waals surface area contributed by atoms with Gasteiger partial charge in [0.05, 0.1) is 32.2 Å². The summed E-state index contributed by atoms with van der Waals surface area (Å²) in [6.45, 7) is 9.06. The van der Waals surface area contributed by atoms with Crippen LogP contribution in [0.2, 0.25) is 0 Å². The molecule has 0 aromatic rings. The van der Waals surface area contributed by atoms with Gasteiger partial charge in [0.25, 0.3) is 0 Å². The first kappa shape index (κ1) is 62.2. The van der Waals surface area contributed by atoms with Crippen LogP contribution in [0.25, 0.3) is 0 Å². The van der Waals surface area contributed by atoms with Crippen molar-refractivity contribution >= 4 is 65.2 Å². The maximum Gasteiger partial charge on any atom is 0.326 e. The number of carbonyl (C=O) groups is 11. The molecule has 0 unspecified atom stereocenters. The van der Waals surface area contributed by atoms with Crippen molar-refractivity contribution in [3.05, 3.63) is 0 Å². The third kappa shape index (κ3) is 28.0. The first-order chi connectivity index (χ1) is 32.7. The molecule has 1 heterocycles. The van der Waals surface area contributed by atoms with Gasteiger partial charge in [-0.25, -0.2) is 14.4 Å². The van der Waals surface area contributed by atoms with Gasteiger partial charge in [-0.1, -0.05) is 34.6 Å². The molecule has 1 rings (SSSR count). The van der Waals surface area contributed by atoms with Gasteiger partial charge in [0.15, 0.2) is 5.78 Å². The zero-order valence-corrected chi connectivity index (χ0v) is 40.9. The van der Waals surface area contributed by atoms with E-state index in [0.29, 0.717) is 19.3 Å². The number of carbonyl (C=O) groups excluding carboxylic acids is 5. The molecule has 1 aliphatic heterocycles. The summed E-state index contributed by atoms with van der Waals surface area (Å²) in [4.78, 5) is 141. The summed E-state index contributed by atoms with van der Waals surface area (Å²) in [7, 11) is 0. The summed E-state index contributed by atoms with van der Waals surface area (Å²) < 4.78 is 0. The van der Waals surface area contributed by atoms with E-state index in [1.165, 1.54) is 9.80 Å². The second-order valence-corrected chi connectivity index (χ2v) is 18.6. The minimum absolute atomic E-state index is 0.0751. The SMILES string of the molecule is CC(C)N[C@H](CCCCNC(=O)CC[C@H](NC(=O)CC[C@H](NC(=O)CC[C@H](NC(=O)CN1CCN(CC(=O)O)CCN(CC(=O)O)CCN(CC(=O)O)CC1)C(=O)O)C(=O)O)C(=O)O)C(=O)C(C)(C)C. The van der Waals surface area contributed by atoms with E-state index >= 15 is 0 Å². The number of unbranched alkanes of at least 4 members (excludes halogenated alkanes) is 1. The fourth-order valence-electron chi connectivity index (χ4n) is 7.36.